The third-order valence-corrected chi connectivity index (χ3v) is 5.53. The smallest absolute Gasteiger partial charge is 0.330 e. The molecular weight excluding hydrogens is 420 g/mol. The van der Waals surface area contributed by atoms with Gasteiger partial charge in [0.2, 0.25) is 5.91 Å². The molecule has 33 heavy (non-hydrogen) atoms. The van der Waals surface area contributed by atoms with E-state index in [1.165, 1.54) is 0 Å². The summed E-state index contributed by atoms with van der Waals surface area (Å²) in [4.78, 5) is 45.2. The van der Waals surface area contributed by atoms with E-state index in [0.29, 0.717) is 5.56 Å². The van der Waals surface area contributed by atoms with Gasteiger partial charge in [-0.1, -0.05) is 62.4 Å². The Morgan fingerprint density at radius 3 is 2.30 bits per heavy atom. The topological polar surface area (TPSA) is 124 Å². The van der Waals surface area contributed by atoms with E-state index in [1.807, 2.05) is 24.3 Å². The molecule has 0 spiro atoms. The Hall–Kier alpha value is -4.20. The van der Waals surface area contributed by atoms with Crippen molar-refractivity contribution in [2.24, 2.45) is 5.92 Å². The highest BCUT2D eigenvalue weighted by Crippen LogP contribution is 2.25. The number of nitrogens with one attached hydrogen (secondary N) is 3. The number of aliphatic carboxylic acids is 1. The van der Waals surface area contributed by atoms with Crippen LogP contribution in [0.2, 0.25) is 0 Å². The third kappa shape index (κ3) is 4.55. The van der Waals surface area contributed by atoms with Crippen LogP contribution in [0.4, 0.5) is 0 Å². The van der Waals surface area contributed by atoms with Crippen molar-refractivity contribution in [3.8, 4) is 0 Å². The van der Waals surface area contributed by atoms with Crippen molar-refractivity contribution in [1.29, 1.82) is 0 Å². The lowest BCUT2D eigenvalue weighted by molar-refractivity contribution is -0.142. The summed E-state index contributed by atoms with van der Waals surface area (Å²) in [5, 5.41) is 16.7. The van der Waals surface area contributed by atoms with Gasteiger partial charge in [-0.2, -0.15) is 0 Å². The van der Waals surface area contributed by atoms with Gasteiger partial charge in [0.25, 0.3) is 5.91 Å². The van der Waals surface area contributed by atoms with Crippen LogP contribution >= 0.6 is 0 Å². The molecule has 4 aromatic rings. The van der Waals surface area contributed by atoms with Crippen LogP contribution in [0.25, 0.3) is 21.8 Å². The summed E-state index contributed by atoms with van der Waals surface area (Å²) < 4.78 is 0. The average molecular weight is 444 g/mol. The molecule has 4 rings (SSSR count). The van der Waals surface area contributed by atoms with E-state index in [1.54, 1.807) is 56.4 Å². The maximum absolute atomic E-state index is 13.0. The number of carboxylic acids is 1. The summed E-state index contributed by atoms with van der Waals surface area (Å²) in [7, 11) is 0. The zero-order valence-corrected chi connectivity index (χ0v) is 18.2. The first kappa shape index (κ1) is 22.0. The molecule has 0 aliphatic rings. The Morgan fingerprint density at radius 2 is 1.61 bits per heavy atom. The molecule has 8 heteroatoms. The van der Waals surface area contributed by atoms with Crippen molar-refractivity contribution in [3.63, 3.8) is 0 Å². The molecule has 0 bridgehead atoms. The van der Waals surface area contributed by atoms with Crippen molar-refractivity contribution in [2.75, 3.05) is 0 Å². The molecule has 2 unspecified atom stereocenters. The molecule has 0 saturated carbocycles. The van der Waals surface area contributed by atoms with Gasteiger partial charge in [0.05, 0.1) is 11.7 Å². The van der Waals surface area contributed by atoms with Crippen LogP contribution in [0.15, 0.2) is 66.9 Å². The molecule has 2 aromatic carbocycles. The molecular formula is C25H24N4O4. The fraction of sp³-hybridized carbons (Fsp3) is 0.200. The number of benzene rings is 2. The Bertz CT molecular complexity index is 1330. The summed E-state index contributed by atoms with van der Waals surface area (Å²) in [5.41, 5.74) is 2.35. The molecule has 0 saturated heterocycles. The highest BCUT2D eigenvalue weighted by Gasteiger charge is 2.30. The van der Waals surface area contributed by atoms with Crippen LogP contribution < -0.4 is 10.6 Å². The highest BCUT2D eigenvalue weighted by atomic mass is 16.4. The van der Waals surface area contributed by atoms with Gasteiger partial charge in [-0.3, -0.25) is 9.59 Å². The van der Waals surface area contributed by atoms with E-state index in [0.717, 1.165) is 21.8 Å². The highest BCUT2D eigenvalue weighted by molar-refractivity contribution is 6.09. The maximum atomic E-state index is 13.0. The van der Waals surface area contributed by atoms with Crippen LogP contribution in [-0.2, 0) is 9.59 Å². The normalized spacial score (nSPS) is 13.1. The molecule has 2 heterocycles. The molecule has 4 N–H and O–H groups in total. The van der Waals surface area contributed by atoms with E-state index in [4.69, 9.17) is 0 Å². The number of aromatic nitrogens is 2. The van der Waals surface area contributed by atoms with Gasteiger partial charge in [0, 0.05) is 16.3 Å². The van der Waals surface area contributed by atoms with Gasteiger partial charge in [-0.15, -0.1) is 0 Å². The molecule has 0 radical (unpaired) electrons. The molecule has 0 fully saturated rings. The Kier molecular flexibility index (Phi) is 6.08. The largest absolute Gasteiger partial charge is 0.479 e. The second-order valence-corrected chi connectivity index (χ2v) is 8.17. The van der Waals surface area contributed by atoms with Gasteiger partial charge in [-0.25, -0.2) is 9.78 Å². The second kappa shape index (κ2) is 9.12. The first-order valence-corrected chi connectivity index (χ1v) is 10.6. The zero-order valence-electron chi connectivity index (χ0n) is 18.2. The van der Waals surface area contributed by atoms with Crippen LogP contribution in [0.3, 0.4) is 0 Å². The Labute approximate surface area is 190 Å². The molecule has 2 amide bonds. The number of hydrogen-bond acceptors (Lipinski definition) is 4. The molecule has 2 aromatic heterocycles. The summed E-state index contributed by atoms with van der Waals surface area (Å²) in [6.45, 7) is 3.55. The fourth-order valence-electron chi connectivity index (χ4n) is 3.79. The third-order valence-electron chi connectivity index (χ3n) is 5.53. The van der Waals surface area contributed by atoms with Gasteiger partial charge >= 0.3 is 5.97 Å². The lowest BCUT2D eigenvalue weighted by Crippen LogP contribution is -2.51. The minimum Gasteiger partial charge on any atom is -0.479 e. The SMILES string of the molecule is CC(C)C(NC(=O)c1cc2c(cn1)[nH]c1ccccc12)C(=O)NC(C(=O)O)c1ccccc1. The number of fused-ring (bicyclic) bond motifs is 3. The molecule has 8 nitrogen and oxygen atoms in total. The number of carboxylic acid groups (broad SMARTS) is 1. The molecule has 0 aliphatic carbocycles. The van der Waals surface area contributed by atoms with Gasteiger partial charge < -0.3 is 20.7 Å². The van der Waals surface area contributed by atoms with E-state index in [-0.39, 0.29) is 11.6 Å². The number of pyridine rings is 1. The van der Waals surface area contributed by atoms with Crippen LogP contribution in [0.5, 0.6) is 0 Å². The lowest BCUT2D eigenvalue weighted by atomic mass is 10.0. The number of carbonyl (C=O) groups excluding carboxylic acids is 2. The van der Waals surface area contributed by atoms with E-state index in [9.17, 15) is 19.5 Å². The van der Waals surface area contributed by atoms with Crippen molar-refractivity contribution < 1.29 is 19.5 Å². The lowest BCUT2D eigenvalue weighted by Gasteiger charge is -2.24. The van der Waals surface area contributed by atoms with Crippen molar-refractivity contribution in [3.05, 3.63) is 78.1 Å². The number of amides is 2. The number of nitrogens with zero attached hydrogens (tertiary/aromatic N) is 1. The van der Waals surface area contributed by atoms with Gasteiger partial charge in [-0.05, 0) is 23.6 Å². The first-order chi connectivity index (χ1) is 15.8. The van der Waals surface area contributed by atoms with Crippen LogP contribution in [-0.4, -0.2) is 38.9 Å². The standard InChI is InChI=1S/C25H24N4O4/c1-14(2)21(24(31)29-22(25(32)33)15-8-4-3-5-9-15)28-23(30)19-12-17-16-10-6-7-11-18(16)27-20(17)13-26-19/h3-14,21-22,27H,1-2H3,(H,28,30)(H,29,31)(H,32,33). The quantitative estimate of drug-likeness (QED) is 0.348. The minimum absolute atomic E-state index is 0.170. The summed E-state index contributed by atoms with van der Waals surface area (Å²) >= 11 is 0. The van der Waals surface area contributed by atoms with Gasteiger partial charge in [0.1, 0.15) is 11.7 Å². The summed E-state index contributed by atoms with van der Waals surface area (Å²) in [5.74, 6) is -2.56. The number of para-hydroxylation sites is 1. The molecule has 168 valence electrons. The minimum atomic E-state index is -1.22. The van der Waals surface area contributed by atoms with E-state index < -0.39 is 29.9 Å². The Balaban J connectivity index is 1.56. The second-order valence-electron chi connectivity index (χ2n) is 8.17. The van der Waals surface area contributed by atoms with Crippen LogP contribution in [0, 0.1) is 5.92 Å². The number of H-pyrrole nitrogens is 1. The van der Waals surface area contributed by atoms with Gasteiger partial charge in [0.15, 0.2) is 6.04 Å². The summed E-state index contributed by atoms with van der Waals surface area (Å²) in [6, 6.07) is 15.7. The predicted octanol–water partition coefficient (Wildman–Crippen LogP) is 3.41. The zero-order chi connectivity index (χ0) is 23.5. The fourth-order valence-corrected chi connectivity index (χ4v) is 3.79. The number of aromatic amines is 1. The molecule has 0 aliphatic heterocycles. The monoisotopic (exact) mass is 444 g/mol. The summed E-state index contributed by atoms with van der Waals surface area (Å²) in [6.07, 6.45) is 1.59. The first-order valence-electron chi connectivity index (χ1n) is 10.6. The van der Waals surface area contributed by atoms with Crippen LogP contribution in [0.1, 0.15) is 35.9 Å². The predicted molar refractivity (Wildman–Crippen MR) is 125 cm³/mol. The Morgan fingerprint density at radius 1 is 0.909 bits per heavy atom. The van der Waals surface area contributed by atoms with Crippen molar-refractivity contribution in [2.45, 2.75) is 25.9 Å². The van der Waals surface area contributed by atoms with Crippen molar-refractivity contribution in [1.82, 2.24) is 20.6 Å². The maximum Gasteiger partial charge on any atom is 0.330 e. The molecule has 2 atom stereocenters. The van der Waals surface area contributed by atoms with Crippen molar-refractivity contribution >= 4 is 39.6 Å². The number of rotatable bonds is 7. The number of carbonyl (C=O) groups is 3. The average Bonchev–Trinajstić information content (AvgIpc) is 3.18. The number of hydrogen-bond donors (Lipinski definition) is 4. The van der Waals surface area contributed by atoms with E-state index in [2.05, 4.69) is 20.6 Å². The van der Waals surface area contributed by atoms with E-state index >= 15 is 0 Å².